The Hall–Kier alpha value is -1.55. The topological polar surface area (TPSA) is 26.8 Å². The first kappa shape index (κ1) is 14.5. The second-order valence-electron chi connectivity index (χ2n) is 4.97. The van der Waals surface area contributed by atoms with Gasteiger partial charge in [0.15, 0.2) is 0 Å². The van der Waals surface area contributed by atoms with Crippen molar-refractivity contribution in [2.75, 3.05) is 53.2 Å². The molecule has 4 heteroatoms. The minimum Gasteiger partial charge on any atom is -0.378 e. The van der Waals surface area contributed by atoms with E-state index in [4.69, 9.17) is 0 Å². The van der Waals surface area contributed by atoms with Crippen LogP contribution in [-0.2, 0) is 0 Å². The Kier molecular flexibility index (Phi) is 5.16. The molecule has 1 aromatic carbocycles. The predicted molar refractivity (Wildman–Crippen MR) is 76.3 cm³/mol. The van der Waals surface area contributed by atoms with Crippen LogP contribution in [0.1, 0.15) is 10.4 Å². The summed E-state index contributed by atoms with van der Waals surface area (Å²) in [5.41, 5.74) is 1.78. The zero-order valence-corrected chi connectivity index (χ0v) is 12.0. The number of benzene rings is 1. The lowest BCUT2D eigenvalue weighted by molar-refractivity contribution is 0.0786. The summed E-state index contributed by atoms with van der Waals surface area (Å²) in [5, 5.41) is 0. The number of carbonyl (C=O) groups excluding carboxylic acids is 1. The van der Waals surface area contributed by atoms with Crippen LogP contribution in [0.3, 0.4) is 0 Å². The maximum absolute atomic E-state index is 12.2. The number of hydrogen-bond acceptors (Lipinski definition) is 3. The zero-order valence-electron chi connectivity index (χ0n) is 12.0. The standard InChI is InChI=1S/C14H23N3O/c1-15(2)9-10-17(5)14(18)12-7-6-8-13(11-12)16(3)4/h6-8,11H,9-10H2,1-5H3. The summed E-state index contributed by atoms with van der Waals surface area (Å²) >= 11 is 0. The van der Waals surface area contributed by atoms with Crippen LogP contribution >= 0.6 is 0 Å². The molecule has 0 saturated heterocycles. The summed E-state index contributed by atoms with van der Waals surface area (Å²) in [4.78, 5) is 18.0. The smallest absolute Gasteiger partial charge is 0.253 e. The van der Waals surface area contributed by atoms with Crippen molar-refractivity contribution < 1.29 is 4.79 Å². The van der Waals surface area contributed by atoms with Crippen molar-refractivity contribution >= 4 is 11.6 Å². The largest absolute Gasteiger partial charge is 0.378 e. The van der Waals surface area contributed by atoms with E-state index in [2.05, 4.69) is 4.90 Å². The predicted octanol–water partition coefficient (Wildman–Crippen LogP) is 1.39. The van der Waals surface area contributed by atoms with E-state index >= 15 is 0 Å². The molecule has 1 rings (SSSR count). The van der Waals surface area contributed by atoms with Gasteiger partial charge in [-0.15, -0.1) is 0 Å². The van der Waals surface area contributed by atoms with Crippen molar-refractivity contribution in [3.05, 3.63) is 29.8 Å². The molecule has 0 aliphatic heterocycles. The van der Waals surface area contributed by atoms with E-state index in [-0.39, 0.29) is 5.91 Å². The molecule has 0 fully saturated rings. The van der Waals surface area contributed by atoms with Crippen LogP contribution in [0.15, 0.2) is 24.3 Å². The fourth-order valence-corrected chi connectivity index (χ4v) is 1.59. The lowest BCUT2D eigenvalue weighted by Crippen LogP contribution is -2.33. The molecule has 0 heterocycles. The maximum Gasteiger partial charge on any atom is 0.253 e. The molecule has 100 valence electrons. The molecule has 4 nitrogen and oxygen atoms in total. The van der Waals surface area contributed by atoms with Crippen molar-refractivity contribution in [3.8, 4) is 0 Å². The molecule has 0 N–H and O–H groups in total. The van der Waals surface area contributed by atoms with E-state index in [1.807, 2.05) is 64.4 Å². The molecule has 0 saturated carbocycles. The van der Waals surface area contributed by atoms with E-state index in [0.717, 1.165) is 24.3 Å². The summed E-state index contributed by atoms with van der Waals surface area (Å²) in [6, 6.07) is 7.70. The highest BCUT2D eigenvalue weighted by Crippen LogP contribution is 2.14. The van der Waals surface area contributed by atoms with Gasteiger partial charge in [0.1, 0.15) is 0 Å². The van der Waals surface area contributed by atoms with Crippen molar-refractivity contribution in [3.63, 3.8) is 0 Å². The van der Waals surface area contributed by atoms with Gasteiger partial charge in [-0.2, -0.15) is 0 Å². The van der Waals surface area contributed by atoms with E-state index in [1.54, 1.807) is 4.90 Å². The highest BCUT2D eigenvalue weighted by Gasteiger charge is 2.12. The first-order valence-corrected chi connectivity index (χ1v) is 6.09. The number of rotatable bonds is 5. The molecule has 0 aliphatic rings. The van der Waals surface area contributed by atoms with Crippen molar-refractivity contribution in [2.45, 2.75) is 0 Å². The Balaban J connectivity index is 2.74. The monoisotopic (exact) mass is 249 g/mol. The average Bonchev–Trinajstić information content (AvgIpc) is 2.35. The Labute approximate surface area is 110 Å². The van der Waals surface area contributed by atoms with Crippen LogP contribution in [0.2, 0.25) is 0 Å². The molecular formula is C14H23N3O. The van der Waals surface area contributed by atoms with Gasteiger partial charge < -0.3 is 14.7 Å². The summed E-state index contributed by atoms with van der Waals surface area (Å²) < 4.78 is 0. The van der Waals surface area contributed by atoms with Gasteiger partial charge in [-0.25, -0.2) is 0 Å². The maximum atomic E-state index is 12.2. The van der Waals surface area contributed by atoms with Crippen LogP contribution in [0, 0.1) is 0 Å². The third kappa shape index (κ3) is 4.04. The Morgan fingerprint density at radius 1 is 1.06 bits per heavy atom. The molecule has 1 aromatic rings. The van der Waals surface area contributed by atoms with Gasteiger partial charge in [0.05, 0.1) is 0 Å². The van der Waals surface area contributed by atoms with Crippen molar-refractivity contribution in [1.29, 1.82) is 0 Å². The van der Waals surface area contributed by atoms with Crippen LogP contribution < -0.4 is 4.90 Å². The summed E-state index contributed by atoms with van der Waals surface area (Å²) in [5.74, 6) is 0.0700. The lowest BCUT2D eigenvalue weighted by atomic mass is 10.1. The second kappa shape index (κ2) is 6.40. The van der Waals surface area contributed by atoms with Gasteiger partial charge in [-0.05, 0) is 32.3 Å². The highest BCUT2D eigenvalue weighted by atomic mass is 16.2. The number of anilines is 1. The fourth-order valence-electron chi connectivity index (χ4n) is 1.59. The Morgan fingerprint density at radius 2 is 1.72 bits per heavy atom. The zero-order chi connectivity index (χ0) is 13.7. The van der Waals surface area contributed by atoms with E-state index in [0.29, 0.717) is 0 Å². The Bertz CT molecular complexity index is 402. The van der Waals surface area contributed by atoms with Gasteiger partial charge in [0.2, 0.25) is 0 Å². The third-order valence-electron chi connectivity index (χ3n) is 2.84. The van der Waals surface area contributed by atoms with Gasteiger partial charge >= 0.3 is 0 Å². The second-order valence-corrected chi connectivity index (χ2v) is 4.97. The van der Waals surface area contributed by atoms with Crippen LogP contribution in [0.25, 0.3) is 0 Å². The quantitative estimate of drug-likeness (QED) is 0.789. The highest BCUT2D eigenvalue weighted by molar-refractivity contribution is 5.95. The SMILES string of the molecule is CN(C)CCN(C)C(=O)c1cccc(N(C)C)c1. The lowest BCUT2D eigenvalue weighted by Gasteiger charge is -2.20. The third-order valence-corrected chi connectivity index (χ3v) is 2.84. The van der Waals surface area contributed by atoms with E-state index < -0.39 is 0 Å². The first-order chi connectivity index (χ1) is 8.41. The van der Waals surface area contributed by atoms with Crippen LogP contribution in [0.4, 0.5) is 5.69 Å². The molecule has 18 heavy (non-hydrogen) atoms. The number of carbonyl (C=O) groups is 1. The van der Waals surface area contributed by atoms with Gasteiger partial charge in [0.25, 0.3) is 5.91 Å². The molecule has 0 bridgehead atoms. The van der Waals surface area contributed by atoms with Gasteiger partial charge in [-0.1, -0.05) is 6.07 Å². The molecule has 0 atom stereocenters. The Morgan fingerprint density at radius 3 is 2.28 bits per heavy atom. The number of nitrogens with zero attached hydrogens (tertiary/aromatic N) is 3. The van der Waals surface area contributed by atoms with Crippen LogP contribution in [0.5, 0.6) is 0 Å². The van der Waals surface area contributed by atoms with Gasteiger partial charge in [-0.3, -0.25) is 4.79 Å². The minimum absolute atomic E-state index is 0.0700. The van der Waals surface area contributed by atoms with Crippen molar-refractivity contribution in [2.24, 2.45) is 0 Å². The number of amides is 1. The first-order valence-electron chi connectivity index (χ1n) is 6.09. The number of hydrogen-bond donors (Lipinski definition) is 0. The molecule has 0 radical (unpaired) electrons. The summed E-state index contributed by atoms with van der Waals surface area (Å²) in [6.45, 7) is 1.60. The van der Waals surface area contributed by atoms with Gasteiger partial charge in [0, 0.05) is 45.5 Å². The van der Waals surface area contributed by atoms with E-state index in [1.165, 1.54) is 0 Å². The molecule has 1 amide bonds. The molecular weight excluding hydrogens is 226 g/mol. The summed E-state index contributed by atoms with van der Waals surface area (Å²) in [7, 11) is 9.79. The normalized spacial score (nSPS) is 10.6. The average molecular weight is 249 g/mol. The van der Waals surface area contributed by atoms with Crippen LogP contribution in [-0.4, -0.2) is 64.0 Å². The molecule has 0 aliphatic carbocycles. The molecule has 0 spiro atoms. The molecule has 0 aromatic heterocycles. The minimum atomic E-state index is 0.0700. The molecule has 0 unspecified atom stereocenters. The summed E-state index contributed by atoms with van der Waals surface area (Å²) in [6.07, 6.45) is 0. The van der Waals surface area contributed by atoms with Crippen molar-refractivity contribution in [1.82, 2.24) is 9.80 Å². The number of likely N-dealkylation sites (N-methyl/N-ethyl adjacent to an activating group) is 2. The van der Waals surface area contributed by atoms with E-state index in [9.17, 15) is 4.79 Å². The fraction of sp³-hybridized carbons (Fsp3) is 0.500.